The van der Waals surface area contributed by atoms with Crippen LogP contribution in [0, 0.1) is 19.8 Å². The van der Waals surface area contributed by atoms with Gasteiger partial charge >= 0.3 is 5.97 Å². The molecular formula is C27H28N4O3. The Morgan fingerprint density at radius 1 is 1.09 bits per heavy atom. The molecule has 174 valence electrons. The first kappa shape index (κ1) is 22.1. The molecule has 0 aliphatic heterocycles. The number of aliphatic carboxylic acids is 1. The summed E-state index contributed by atoms with van der Waals surface area (Å²) in [4.78, 5) is 20.9. The van der Waals surface area contributed by atoms with E-state index in [2.05, 4.69) is 36.2 Å². The average molecular weight is 457 g/mol. The Morgan fingerprint density at radius 2 is 1.88 bits per heavy atom. The minimum atomic E-state index is -0.684. The van der Waals surface area contributed by atoms with E-state index in [9.17, 15) is 9.90 Å². The van der Waals surface area contributed by atoms with Crippen molar-refractivity contribution >= 4 is 17.0 Å². The molecule has 3 heterocycles. The monoisotopic (exact) mass is 456 g/mol. The quantitative estimate of drug-likeness (QED) is 0.401. The second kappa shape index (κ2) is 8.89. The van der Waals surface area contributed by atoms with Crippen LogP contribution in [0.3, 0.4) is 0 Å². The molecule has 7 heteroatoms. The molecule has 7 nitrogen and oxygen atoms in total. The molecular weight excluding hydrogens is 428 g/mol. The van der Waals surface area contributed by atoms with Crippen LogP contribution in [0.2, 0.25) is 0 Å². The molecule has 0 bridgehead atoms. The number of nitrogens with one attached hydrogen (secondary N) is 1. The van der Waals surface area contributed by atoms with Crippen molar-refractivity contribution < 1.29 is 14.6 Å². The maximum Gasteiger partial charge on any atom is 0.306 e. The molecule has 1 aliphatic rings. The number of ether oxygens (including phenoxy) is 1. The van der Waals surface area contributed by atoms with E-state index in [4.69, 9.17) is 14.7 Å². The second-order valence-corrected chi connectivity index (χ2v) is 9.11. The van der Waals surface area contributed by atoms with Crippen molar-refractivity contribution in [2.45, 2.75) is 45.4 Å². The molecule has 1 aromatic carbocycles. The number of rotatable bonds is 5. The number of aromatic amines is 1. The molecule has 5 rings (SSSR count). The standard InChI is InChI=1S/C27H28N4O3/c1-15-5-4-6-20(16(15)2)25-23(34-3)13-22-26(29-25)24(31-30-22)19-11-12-21(28-14-19)17-7-9-18(10-8-17)27(32)33/h4-6,11-14,17-18H,7-10H2,1-3H3,(H,30,31)(H,32,33). The Bertz CT molecular complexity index is 1350. The van der Waals surface area contributed by atoms with Gasteiger partial charge in [0.1, 0.15) is 22.7 Å². The number of carboxylic acids is 1. The molecule has 0 spiro atoms. The first-order chi connectivity index (χ1) is 16.5. The lowest BCUT2D eigenvalue weighted by atomic mass is 9.80. The normalized spacial score (nSPS) is 18.2. The number of carbonyl (C=O) groups is 1. The molecule has 0 unspecified atom stereocenters. The molecule has 0 saturated heterocycles. The zero-order chi connectivity index (χ0) is 23.8. The molecule has 0 radical (unpaired) electrons. The van der Waals surface area contributed by atoms with Crippen LogP contribution in [0.4, 0.5) is 0 Å². The van der Waals surface area contributed by atoms with Gasteiger partial charge in [-0.15, -0.1) is 0 Å². The third-order valence-electron chi connectivity index (χ3n) is 7.13. The SMILES string of the molecule is COc1cc2[nH]nc(-c3ccc(C4CCC(C(=O)O)CC4)nc3)c2nc1-c1cccc(C)c1C. The second-order valence-electron chi connectivity index (χ2n) is 9.11. The van der Waals surface area contributed by atoms with E-state index in [0.717, 1.165) is 52.1 Å². The van der Waals surface area contributed by atoms with E-state index in [-0.39, 0.29) is 5.92 Å². The Kier molecular flexibility index (Phi) is 5.77. The van der Waals surface area contributed by atoms with Crippen LogP contribution in [-0.4, -0.2) is 38.4 Å². The Balaban J connectivity index is 1.49. The molecule has 0 amide bonds. The van der Waals surface area contributed by atoms with Crippen molar-refractivity contribution in [2.75, 3.05) is 7.11 Å². The van der Waals surface area contributed by atoms with Gasteiger partial charge in [0.05, 0.1) is 18.5 Å². The smallest absolute Gasteiger partial charge is 0.306 e. The van der Waals surface area contributed by atoms with Gasteiger partial charge in [-0.3, -0.25) is 14.9 Å². The van der Waals surface area contributed by atoms with Crippen molar-refractivity contribution in [3.8, 4) is 28.3 Å². The maximum atomic E-state index is 11.2. The van der Waals surface area contributed by atoms with Gasteiger partial charge in [-0.05, 0) is 62.8 Å². The summed E-state index contributed by atoms with van der Waals surface area (Å²) < 4.78 is 5.66. The van der Waals surface area contributed by atoms with Gasteiger partial charge in [0.25, 0.3) is 0 Å². The largest absolute Gasteiger partial charge is 0.494 e. The van der Waals surface area contributed by atoms with E-state index in [1.54, 1.807) is 7.11 Å². The summed E-state index contributed by atoms with van der Waals surface area (Å²) in [5.74, 6) is 0.0949. The number of nitrogens with zero attached hydrogens (tertiary/aromatic N) is 3. The van der Waals surface area contributed by atoms with Crippen LogP contribution in [0.15, 0.2) is 42.6 Å². The number of aromatic nitrogens is 4. The summed E-state index contributed by atoms with van der Waals surface area (Å²) in [5.41, 5.74) is 8.42. The predicted molar refractivity (Wildman–Crippen MR) is 131 cm³/mol. The van der Waals surface area contributed by atoms with E-state index in [0.29, 0.717) is 24.5 Å². The fourth-order valence-corrected chi connectivity index (χ4v) is 4.91. The average Bonchev–Trinajstić information content (AvgIpc) is 3.28. The van der Waals surface area contributed by atoms with Crippen molar-refractivity contribution in [3.05, 3.63) is 59.4 Å². The molecule has 4 aromatic rings. The lowest BCUT2D eigenvalue weighted by Gasteiger charge is -2.25. The summed E-state index contributed by atoms with van der Waals surface area (Å²) >= 11 is 0. The van der Waals surface area contributed by atoms with Gasteiger partial charge in [-0.2, -0.15) is 5.10 Å². The minimum absolute atomic E-state index is 0.222. The number of carboxylic acid groups (broad SMARTS) is 1. The fraction of sp³-hybridized carbons (Fsp3) is 0.333. The lowest BCUT2D eigenvalue weighted by Crippen LogP contribution is -2.20. The number of hydrogen-bond donors (Lipinski definition) is 2. The van der Waals surface area contributed by atoms with Gasteiger partial charge in [0, 0.05) is 35.0 Å². The molecule has 1 saturated carbocycles. The van der Waals surface area contributed by atoms with Gasteiger partial charge < -0.3 is 9.84 Å². The topological polar surface area (TPSA) is 101 Å². The number of pyridine rings is 2. The van der Waals surface area contributed by atoms with Crippen LogP contribution in [0.5, 0.6) is 5.75 Å². The van der Waals surface area contributed by atoms with E-state index < -0.39 is 5.97 Å². The summed E-state index contributed by atoms with van der Waals surface area (Å²) in [6.45, 7) is 4.19. The summed E-state index contributed by atoms with van der Waals surface area (Å²) in [6, 6.07) is 12.2. The molecule has 0 atom stereocenters. The maximum absolute atomic E-state index is 11.2. The van der Waals surface area contributed by atoms with Crippen molar-refractivity contribution in [1.82, 2.24) is 20.2 Å². The number of H-pyrrole nitrogens is 1. The van der Waals surface area contributed by atoms with Crippen LogP contribution in [0.1, 0.15) is 48.4 Å². The Hall–Kier alpha value is -3.74. The lowest BCUT2D eigenvalue weighted by molar-refractivity contribution is -0.142. The number of aryl methyl sites for hydroxylation is 1. The molecule has 3 aromatic heterocycles. The number of benzene rings is 1. The zero-order valence-corrected chi connectivity index (χ0v) is 19.6. The summed E-state index contributed by atoms with van der Waals surface area (Å²) in [5, 5.41) is 16.9. The Labute approximate surface area is 198 Å². The van der Waals surface area contributed by atoms with Gasteiger partial charge in [0.2, 0.25) is 0 Å². The highest BCUT2D eigenvalue weighted by atomic mass is 16.5. The highest BCUT2D eigenvalue weighted by Crippen LogP contribution is 2.38. The van der Waals surface area contributed by atoms with E-state index >= 15 is 0 Å². The van der Waals surface area contributed by atoms with Crippen LogP contribution >= 0.6 is 0 Å². The van der Waals surface area contributed by atoms with Crippen molar-refractivity contribution in [1.29, 1.82) is 0 Å². The van der Waals surface area contributed by atoms with Gasteiger partial charge in [-0.25, -0.2) is 4.98 Å². The predicted octanol–water partition coefficient (Wildman–Crippen LogP) is 5.67. The molecule has 1 aliphatic carbocycles. The molecule has 2 N–H and O–H groups in total. The first-order valence-electron chi connectivity index (χ1n) is 11.6. The summed E-state index contributed by atoms with van der Waals surface area (Å²) in [6.07, 6.45) is 4.98. The fourth-order valence-electron chi connectivity index (χ4n) is 4.91. The minimum Gasteiger partial charge on any atom is -0.494 e. The number of hydrogen-bond acceptors (Lipinski definition) is 5. The van der Waals surface area contributed by atoms with Crippen LogP contribution < -0.4 is 4.74 Å². The van der Waals surface area contributed by atoms with Gasteiger partial charge in [0.15, 0.2) is 0 Å². The van der Waals surface area contributed by atoms with Crippen LogP contribution in [-0.2, 0) is 4.79 Å². The van der Waals surface area contributed by atoms with Gasteiger partial charge in [-0.1, -0.05) is 18.2 Å². The van der Waals surface area contributed by atoms with Crippen molar-refractivity contribution in [2.24, 2.45) is 5.92 Å². The zero-order valence-electron chi connectivity index (χ0n) is 19.6. The Morgan fingerprint density at radius 3 is 2.56 bits per heavy atom. The van der Waals surface area contributed by atoms with Crippen LogP contribution in [0.25, 0.3) is 33.5 Å². The highest BCUT2D eigenvalue weighted by Gasteiger charge is 2.27. The number of methoxy groups -OCH3 is 1. The number of fused-ring (bicyclic) bond motifs is 1. The third-order valence-corrected chi connectivity index (χ3v) is 7.13. The van der Waals surface area contributed by atoms with E-state index in [1.165, 1.54) is 11.1 Å². The summed E-state index contributed by atoms with van der Waals surface area (Å²) in [7, 11) is 1.65. The highest BCUT2D eigenvalue weighted by molar-refractivity contribution is 5.92. The third kappa shape index (κ3) is 3.91. The van der Waals surface area contributed by atoms with E-state index in [1.807, 2.05) is 30.5 Å². The van der Waals surface area contributed by atoms with Crippen molar-refractivity contribution in [3.63, 3.8) is 0 Å². The molecule has 1 fully saturated rings. The molecule has 34 heavy (non-hydrogen) atoms. The first-order valence-corrected chi connectivity index (χ1v) is 11.6.